The number of hydrazine groups is 1. The van der Waals surface area contributed by atoms with Gasteiger partial charge in [-0.05, 0) is 18.1 Å². The van der Waals surface area contributed by atoms with Crippen molar-refractivity contribution < 1.29 is 14.2 Å². The summed E-state index contributed by atoms with van der Waals surface area (Å²) in [4.78, 5) is 23.9. The van der Waals surface area contributed by atoms with Crippen LogP contribution in [0.4, 0.5) is 0 Å². The van der Waals surface area contributed by atoms with E-state index >= 15 is 0 Å². The lowest BCUT2D eigenvalue weighted by Gasteiger charge is -2.38. The van der Waals surface area contributed by atoms with Gasteiger partial charge in [0.05, 0.1) is 6.04 Å². The molecule has 2 amide bonds. The molecule has 0 bridgehead atoms. The average Bonchev–Trinajstić information content (AvgIpc) is 2.54. The number of rotatable bonds is 4. The molecule has 1 aromatic rings. The molecule has 1 heterocycles. The molecule has 1 aromatic carbocycles. The van der Waals surface area contributed by atoms with Crippen molar-refractivity contribution in [1.82, 2.24) is 10.3 Å². The molecule has 1 aliphatic heterocycles. The number of nitrogens with zero attached hydrogens (tertiary/aromatic N) is 1. The van der Waals surface area contributed by atoms with Crippen LogP contribution in [0.1, 0.15) is 12.0 Å². The molecule has 1 unspecified atom stereocenters. The minimum atomic E-state index is -1.73. The number of benzene rings is 1. The summed E-state index contributed by atoms with van der Waals surface area (Å²) in [7, 11) is -0.580. The van der Waals surface area contributed by atoms with Gasteiger partial charge in [-0.3, -0.25) is 19.2 Å². The van der Waals surface area contributed by atoms with E-state index in [1.165, 1.54) is 6.08 Å². The molecular formula is C14H17N4O3P. The van der Waals surface area contributed by atoms with E-state index in [1.54, 1.807) is 6.08 Å². The van der Waals surface area contributed by atoms with Crippen molar-refractivity contribution in [3.63, 3.8) is 0 Å². The van der Waals surface area contributed by atoms with E-state index in [0.29, 0.717) is 6.42 Å². The predicted molar refractivity (Wildman–Crippen MR) is 82.4 cm³/mol. The Labute approximate surface area is 129 Å². The van der Waals surface area contributed by atoms with E-state index < -0.39 is 31.6 Å². The van der Waals surface area contributed by atoms with E-state index in [-0.39, 0.29) is 6.54 Å². The fourth-order valence-corrected chi connectivity index (χ4v) is 2.74. The molecular weight excluding hydrogens is 303 g/mol. The fourth-order valence-electron chi connectivity index (χ4n) is 2.21. The minimum absolute atomic E-state index is 0.237. The van der Waals surface area contributed by atoms with Crippen LogP contribution in [0.15, 0.2) is 36.4 Å². The summed E-state index contributed by atoms with van der Waals surface area (Å²) in [5, 5.41) is 1.81. The van der Waals surface area contributed by atoms with Crippen LogP contribution in [0.2, 0.25) is 0 Å². The summed E-state index contributed by atoms with van der Waals surface area (Å²) in [6.07, 6.45) is 3.32. The molecule has 0 saturated carbocycles. The Hall–Kier alpha value is -2.08. The second-order valence-corrected chi connectivity index (χ2v) is 5.93. The first-order valence-electron chi connectivity index (χ1n) is 6.71. The highest BCUT2D eigenvalue weighted by atomic mass is 31.1. The van der Waals surface area contributed by atoms with Gasteiger partial charge in [-0.15, -0.1) is 0 Å². The van der Waals surface area contributed by atoms with Gasteiger partial charge < -0.3 is 11.1 Å². The summed E-state index contributed by atoms with van der Waals surface area (Å²) in [6, 6.07) is 8.54. The predicted octanol–water partition coefficient (Wildman–Crippen LogP) is 0.237. The first-order chi connectivity index (χ1) is 10.5. The van der Waals surface area contributed by atoms with Crippen LogP contribution in [0.3, 0.4) is 0 Å². The van der Waals surface area contributed by atoms with Gasteiger partial charge in [0.2, 0.25) is 5.91 Å². The number of amides is 2. The summed E-state index contributed by atoms with van der Waals surface area (Å²) in [5.74, 6) is 4.42. The van der Waals surface area contributed by atoms with Crippen molar-refractivity contribution in [2.24, 2.45) is 11.6 Å². The Morgan fingerprint density at radius 1 is 1.41 bits per heavy atom. The summed E-state index contributed by atoms with van der Waals surface area (Å²) < 4.78 is 11.3. The lowest BCUT2D eigenvalue weighted by atomic mass is 9.99. The topological polar surface area (TPSA) is 119 Å². The minimum Gasteiger partial charge on any atom is -0.347 e. The van der Waals surface area contributed by atoms with Crippen LogP contribution in [0.25, 0.3) is 6.08 Å². The highest BCUT2D eigenvalue weighted by Gasteiger charge is 2.49. The molecule has 5 N–H and O–H groups in total. The van der Waals surface area contributed by atoms with Crippen LogP contribution in [-0.4, -0.2) is 34.7 Å². The largest absolute Gasteiger partial charge is 0.347 e. The third kappa shape index (κ3) is 3.39. The molecule has 7 nitrogen and oxygen atoms in total. The molecule has 1 aliphatic rings. The summed E-state index contributed by atoms with van der Waals surface area (Å²) >= 11 is 0. The van der Waals surface area contributed by atoms with E-state index in [4.69, 9.17) is 11.6 Å². The van der Waals surface area contributed by atoms with Gasteiger partial charge in [0.25, 0.3) is 5.91 Å². The van der Waals surface area contributed by atoms with E-state index in [9.17, 15) is 14.2 Å². The molecule has 1 fully saturated rings. The number of nitrogens with two attached hydrogens (primary N) is 2. The third-order valence-corrected chi connectivity index (χ3v) is 4.29. The lowest BCUT2D eigenvalue weighted by Crippen LogP contribution is -2.68. The number of carbonyl (C=O) groups is 2. The maximum atomic E-state index is 12.0. The number of hydrogen-bond acceptors (Lipinski definition) is 5. The van der Waals surface area contributed by atoms with Crippen molar-refractivity contribution in [2.45, 2.75) is 17.7 Å². The average molecular weight is 320 g/mol. The third-order valence-electron chi connectivity index (χ3n) is 3.49. The molecule has 22 heavy (non-hydrogen) atoms. The number of piperidine rings is 1. The molecule has 0 aromatic heterocycles. The van der Waals surface area contributed by atoms with E-state index in [0.717, 1.165) is 10.6 Å². The van der Waals surface area contributed by atoms with Gasteiger partial charge in [0, 0.05) is 12.6 Å². The van der Waals surface area contributed by atoms with Crippen molar-refractivity contribution in [3.8, 4) is 0 Å². The van der Waals surface area contributed by atoms with Gasteiger partial charge in [-0.1, -0.05) is 30.3 Å². The van der Waals surface area contributed by atoms with Crippen molar-refractivity contribution in [3.05, 3.63) is 42.0 Å². The van der Waals surface area contributed by atoms with Crippen molar-refractivity contribution in [1.29, 1.82) is 0 Å². The lowest BCUT2D eigenvalue weighted by molar-refractivity contribution is -0.138. The second kappa shape index (κ2) is 6.79. The van der Waals surface area contributed by atoms with Crippen LogP contribution >= 0.6 is 8.46 Å². The fraction of sp³-hybridized carbons (Fsp3) is 0.286. The molecule has 0 spiro atoms. The Morgan fingerprint density at radius 2 is 2.09 bits per heavy atom. The molecule has 2 rings (SSSR count). The standard InChI is InChI=1S/C14H17N4O3P/c15-14(22-21)11(8-9-18(16)13(14)20)17-12(19)7-6-10-4-2-1-3-5-10/h1-7,11H,8-9,15-16H2,(H,17,19)/t11?,14-/m0/s1. The monoisotopic (exact) mass is 320 g/mol. The van der Waals surface area contributed by atoms with Gasteiger partial charge in [-0.2, -0.15) is 0 Å². The molecule has 116 valence electrons. The molecule has 2 atom stereocenters. The SMILES string of the molecule is NN1CCC(NC(=O)C=Cc2ccccc2)[C@](N)(P=O)C1=O. The first-order valence-corrected chi connectivity index (χ1v) is 7.52. The van der Waals surface area contributed by atoms with Gasteiger partial charge in [0.15, 0.2) is 13.7 Å². The Bertz CT molecular complexity index is 607. The van der Waals surface area contributed by atoms with E-state index in [1.807, 2.05) is 30.3 Å². The molecule has 0 radical (unpaired) electrons. The van der Waals surface area contributed by atoms with Crippen LogP contribution in [0.5, 0.6) is 0 Å². The zero-order valence-electron chi connectivity index (χ0n) is 11.8. The maximum Gasteiger partial charge on any atom is 0.270 e. The zero-order valence-corrected chi connectivity index (χ0v) is 12.7. The van der Waals surface area contributed by atoms with Gasteiger partial charge >= 0.3 is 0 Å². The zero-order chi connectivity index (χ0) is 16.2. The van der Waals surface area contributed by atoms with Crippen LogP contribution in [0, 0.1) is 0 Å². The first kappa shape index (κ1) is 16.3. The summed E-state index contributed by atoms with van der Waals surface area (Å²) in [5.41, 5.74) is 6.72. The van der Waals surface area contributed by atoms with Gasteiger partial charge in [-0.25, -0.2) is 5.84 Å². The van der Waals surface area contributed by atoms with Crippen molar-refractivity contribution >= 4 is 26.4 Å². The van der Waals surface area contributed by atoms with Crippen molar-refractivity contribution in [2.75, 3.05) is 6.54 Å². The smallest absolute Gasteiger partial charge is 0.270 e. The molecule has 0 aliphatic carbocycles. The molecule has 1 saturated heterocycles. The Morgan fingerprint density at radius 3 is 2.73 bits per heavy atom. The highest BCUT2D eigenvalue weighted by molar-refractivity contribution is 7.27. The normalized spacial score (nSPS) is 25.6. The number of nitrogens with one attached hydrogen (secondary N) is 1. The number of hydrogen-bond donors (Lipinski definition) is 3. The number of carbonyl (C=O) groups excluding carboxylic acids is 2. The quantitative estimate of drug-likeness (QED) is 0.318. The van der Waals surface area contributed by atoms with Gasteiger partial charge in [0.1, 0.15) is 0 Å². The Balaban J connectivity index is 2.06. The van der Waals surface area contributed by atoms with Crippen LogP contribution < -0.4 is 16.9 Å². The molecule has 8 heteroatoms. The van der Waals surface area contributed by atoms with Crippen LogP contribution in [-0.2, 0) is 14.2 Å². The second-order valence-electron chi connectivity index (χ2n) is 5.01. The maximum absolute atomic E-state index is 12.0. The summed E-state index contributed by atoms with van der Waals surface area (Å²) in [6.45, 7) is 0.237. The van der Waals surface area contributed by atoms with E-state index in [2.05, 4.69) is 5.32 Å². The highest BCUT2D eigenvalue weighted by Crippen LogP contribution is 2.28. The Kier molecular flexibility index (Phi) is 5.03.